The molecule has 3 heterocycles. The molecular formula is C16H22N4OS. The Morgan fingerprint density at radius 1 is 1.45 bits per heavy atom. The lowest BCUT2D eigenvalue weighted by molar-refractivity contribution is -0.131. The van der Waals surface area contributed by atoms with Gasteiger partial charge in [-0.3, -0.25) is 4.79 Å². The Morgan fingerprint density at radius 2 is 2.27 bits per heavy atom. The van der Waals surface area contributed by atoms with Crippen LogP contribution in [0, 0.1) is 13.8 Å². The number of thiazole rings is 1. The molecule has 0 aromatic carbocycles. The van der Waals surface area contributed by atoms with E-state index in [9.17, 15) is 4.79 Å². The summed E-state index contributed by atoms with van der Waals surface area (Å²) >= 11 is 1.63. The summed E-state index contributed by atoms with van der Waals surface area (Å²) in [5, 5.41) is 1.03. The number of hydrogen-bond donors (Lipinski definition) is 0. The molecule has 1 aliphatic rings. The molecule has 0 unspecified atom stereocenters. The van der Waals surface area contributed by atoms with Crippen molar-refractivity contribution < 1.29 is 4.79 Å². The third kappa shape index (κ3) is 3.06. The molecule has 118 valence electrons. The van der Waals surface area contributed by atoms with Crippen molar-refractivity contribution in [2.45, 2.75) is 39.0 Å². The smallest absolute Gasteiger partial charge is 0.227 e. The Kier molecular flexibility index (Phi) is 4.29. The summed E-state index contributed by atoms with van der Waals surface area (Å²) in [5.74, 6) is 1.65. The molecule has 0 bridgehead atoms. The zero-order chi connectivity index (χ0) is 15.7. The molecule has 3 rings (SSSR count). The fourth-order valence-electron chi connectivity index (χ4n) is 3.17. The predicted molar refractivity (Wildman–Crippen MR) is 87.1 cm³/mol. The summed E-state index contributed by atoms with van der Waals surface area (Å²) in [4.78, 5) is 24.6. The second-order valence-electron chi connectivity index (χ2n) is 5.99. The number of imidazole rings is 1. The Balaban J connectivity index is 1.68. The van der Waals surface area contributed by atoms with Crippen LogP contribution in [0.25, 0.3) is 0 Å². The van der Waals surface area contributed by atoms with Crippen LogP contribution >= 0.6 is 11.3 Å². The largest absolute Gasteiger partial charge is 0.342 e. The van der Waals surface area contributed by atoms with Crippen LogP contribution in [0.15, 0.2) is 12.4 Å². The van der Waals surface area contributed by atoms with Gasteiger partial charge in [0.15, 0.2) is 0 Å². The third-order valence-corrected chi connectivity index (χ3v) is 5.38. The van der Waals surface area contributed by atoms with E-state index in [1.807, 2.05) is 38.2 Å². The zero-order valence-corrected chi connectivity index (χ0v) is 14.2. The standard InChI is InChI=1S/C16H22N4OS/c1-11-14(22-12(2)18-11)9-15(21)20-7-4-5-13(10-20)16-17-6-8-19(16)3/h6,8,13H,4-5,7,9-10H2,1-3H3/t13-/m1/s1. The van der Waals surface area contributed by atoms with Gasteiger partial charge in [-0.1, -0.05) is 0 Å². The fourth-order valence-corrected chi connectivity index (χ4v) is 4.10. The van der Waals surface area contributed by atoms with Crippen LogP contribution in [0.4, 0.5) is 0 Å². The van der Waals surface area contributed by atoms with Crippen LogP contribution in [0.3, 0.4) is 0 Å². The average molecular weight is 318 g/mol. The molecule has 1 saturated heterocycles. The SMILES string of the molecule is Cc1nc(C)c(CC(=O)N2CCC[C@@H](c3nccn3C)C2)s1. The van der Waals surface area contributed by atoms with Crippen LogP contribution in [0.1, 0.15) is 40.2 Å². The van der Waals surface area contributed by atoms with Crippen molar-refractivity contribution >= 4 is 17.2 Å². The van der Waals surface area contributed by atoms with Crippen LogP contribution in [-0.4, -0.2) is 38.4 Å². The second kappa shape index (κ2) is 6.20. The molecule has 0 radical (unpaired) electrons. The Hall–Kier alpha value is -1.69. The van der Waals surface area contributed by atoms with Gasteiger partial charge < -0.3 is 9.47 Å². The van der Waals surface area contributed by atoms with Crippen molar-refractivity contribution in [1.82, 2.24) is 19.4 Å². The minimum atomic E-state index is 0.214. The summed E-state index contributed by atoms with van der Waals surface area (Å²) in [6, 6.07) is 0. The Labute approximate surface area is 135 Å². The molecular weight excluding hydrogens is 296 g/mol. The van der Waals surface area contributed by atoms with Gasteiger partial charge in [-0.2, -0.15) is 0 Å². The zero-order valence-electron chi connectivity index (χ0n) is 13.4. The monoisotopic (exact) mass is 318 g/mol. The van der Waals surface area contributed by atoms with E-state index in [1.165, 1.54) is 0 Å². The molecule has 0 saturated carbocycles. The molecule has 6 heteroatoms. The van der Waals surface area contributed by atoms with Crippen LogP contribution in [-0.2, 0) is 18.3 Å². The van der Waals surface area contributed by atoms with E-state index < -0.39 is 0 Å². The van der Waals surface area contributed by atoms with Crippen LogP contribution in [0.2, 0.25) is 0 Å². The number of aromatic nitrogens is 3. The average Bonchev–Trinajstić information content (AvgIpc) is 3.05. The molecule has 1 atom stereocenters. The first-order valence-electron chi connectivity index (χ1n) is 7.72. The number of carbonyl (C=O) groups excluding carboxylic acids is 1. The fraction of sp³-hybridized carbons (Fsp3) is 0.562. The Bertz CT molecular complexity index is 675. The third-order valence-electron chi connectivity index (χ3n) is 4.31. The number of amides is 1. The highest BCUT2D eigenvalue weighted by molar-refractivity contribution is 7.11. The molecule has 0 aliphatic carbocycles. The summed E-state index contributed by atoms with van der Waals surface area (Å²) in [5.41, 5.74) is 0.994. The van der Waals surface area contributed by atoms with E-state index in [1.54, 1.807) is 11.3 Å². The van der Waals surface area contributed by atoms with Crippen LogP contribution in [0.5, 0.6) is 0 Å². The van der Waals surface area contributed by atoms with E-state index in [2.05, 4.69) is 14.5 Å². The number of nitrogens with zero attached hydrogens (tertiary/aromatic N) is 4. The first kappa shape index (κ1) is 15.2. The van der Waals surface area contributed by atoms with Gasteiger partial charge >= 0.3 is 0 Å². The molecule has 2 aromatic rings. The molecule has 1 amide bonds. The summed E-state index contributed by atoms with van der Waals surface area (Å²) < 4.78 is 2.06. The summed E-state index contributed by atoms with van der Waals surface area (Å²) in [7, 11) is 2.02. The number of piperidine rings is 1. The molecule has 1 fully saturated rings. The minimum Gasteiger partial charge on any atom is -0.342 e. The maximum atomic E-state index is 12.6. The van der Waals surface area contributed by atoms with Gasteiger partial charge in [0.25, 0.3) is 0 Å². The van der Waals surface area contributed by atoms with E-state index in [4.69, 9.17) is 0 Å². The van der Waals surface area contributed by atoms with Crippen molar-refractivity contribution in [3.8, 4) is 0 Å². The van der Waals surface area contributed by atoms with Gasteiger partial charge in [0.1, 0.15) is 5.82 Å². The molecule has 0 N–H and O–H groups in total. The van der Waals surface area contributed by atoms with Gasteiger partial charge in [-0.25, -0.2) is 9.97 Å². The maximum absolute atomic E-state index is 12.6. The molecule has 0 spiro atoms. The lowest BCUT2D eigenvalue weighted by atomic mass is 9.97. The van der Waals surface area contributed by atoms with Crippen molar-refractivity contribution in [2.24, 2.45) is 7.05 Å². The minimum absolute atomic E-state index is 0.214. The van der Waals surface area contributed by atoms with E-state index in [0.29, 0.717) is 12.3 Å². The first-order valence-corrected chi connectivity index (χ1v) is 8.54. The quantitative estimate of drug-likeness (QED) is 0.873. The lowest BCUT2D eigenvalue weighted by Gasteiger charge is -2.32. The maximum Gasteiger partial charge on any atom is 0.227 e. The molecule has 5 nitrogen and oxygen atoms in total. The highest BCUT2D eigenvalue weighted by Gasteiger charge is 2.27. The number of rotatable bonds is 3. The van der Waals surface area contributed by atoms with E-state index in [-0.39, 0.29) is 5.91 Å². The first-order chi connectivity index (χ1) is 10.5. The number of carbonyl (C=O) groups is 1. The normalized spacial score (nSPS) is 18.7. The number of hydrogen-bond acceptors (Lipinski definition) is 4. The van der Waals surface area contributed by atoms with Gasteiger partial charge in [0.05, 0.1) is 17.1 Å². The van der Waals surface area contributed by atoms with Gasteiger partial charge in [0, 0.05) is 43.3 Å². The molecule has 1 aliphatic heterocycles. The van der Waals surface area contributed by atoms with Crippen molar-refractivity contribution in [3.63, 3.8) is 0 Å². The van der Waals surface area contributed by atoms with Crippen molar-refractivity contribution in [3.05, 3.63) is 33.8 Å². The highest BCUT2D eigenvalue weighted by atomic mass is 32.1. The van der Waals surface area contributed by atoms with Gasteiger partial charge in [-0.15, -0.1) is 11.3 Å². The predicted octanol–water partition coefficient (Wildman–Crippen LogP) is 2.44. The Morgan fingerprint density at radius 3 is 2.91 bits per heavy atom. The number of likely N-dealkylation sites (tertiary alicyclic amines) is 1. The second-order valence-corrected chi connectivity index (χ2v) is 7.28. The van der Waals surface area contributed by atoms with Gasteiger partial charge in [-0.05, 0) is 26.7 Å². The summed E-state index contributed by atoms with van der Waals surface area (Å²) in [6.07, 6.45) is 6.43. The van der Waals surface area contributed by atoms with E-state index in [0.717, 1.165) is 47.3 Å². The summed E-state index contributed by atoms with van der Waals surface area (Å²) in [6.45, 7) is 5.61. The highest BCUT2D eigenvalue weighted by Crippen LogP contribution is 2.26. The van der Waals surface area contributed by atoms with Crippen LogP contribution < -0.4 is 0 Å². The topological polar surface area (TPSA) is 51.0 Å². The number of aryl methyl sites for hydroxylation is 3. The van der Waals surface area contributed by atoms with Crippen molar-refractivity contribution in [2.75, 3.05) is 13.1 Å². The molecule has 2 aromatic heterocycles. The van der Waals surface area contributed by atoms with Gasteiger partial charge in [0.2, 0.25) is 5.91 Å². The lowest BCUT2D eigenvalue weighted by Crippen LogP contribution is -2.40. The van der Waals surface area contributed by atoms with Crippen molar-refractivity contribution in [1.29, 1.82) is 0 Å². The van der Waals surface area contributed by atoms with E-state index >= 15 is 0 Å². The molecule has 22 heavy (non-hydrogen) atoms.